The molecule has 17 heavy (non-hydrogen) atoms. The maximum atomic E-state index is 5.55. The maximum Gasteiger partial charge on any atom is 0.128 e. The lowest BCUT2D eigenvalue weighted by atomic mass is 10.2. The number of nitrogens with two attached hydrogens (primary N) is 1. The summed E-state index contributed by atoms with van der Waals surface area (Å²) in [5.41, 5.74) is 6.80. The van der Waals surface area contributed by atoms with E-state index in [9.17, 15) is 0 Å². The molecule has 0 saturated heterocycles. The van der Waals surface area contributed by atoms with Gasteiger partial charge >= 0.3 is 0 Å². The number of hydrogen-bond donors (Lipinski definition) is 1. The topological polar surface area (TPSA) is 42.1 Å². The third-order valence-electron chi connectivity index (χ3n) is 3.68. The number of aromatic nitrogens is 1. The highest BCUT2D eigenvalue weighted by molar-refractivity contribution is 5.42. The van der Waals surface area contributed by atoms with E-state index in [1.807, 2.05) is 6.20 Å². The minimum atomic E-state index is 0.704. The average molecular weight is 231 g/mol. The van der Waals surface area contributed by atoms with E-state index in [2.05, 4.69) is 22.0 Å². The Morgan fingerprint density at radius 1 is 1.24 bits per heavy atom. The van der Waals surface area contributed by atoms with Gasteiger partial charge in [0.2, 0.25) is 0 Å². The Balaban J connectivity index is 1.70. The minimum Gasteiger partial charge on any atom is -0.353 e. The first-order valence-electron chi connectivity index (χ1n) is 6.78. The molecule has 2 saturated carbocycles. The van der Waals surface area contributed by atoms with Gasteiger partial charge in [0.25, 0.3) is 0 Å². The van der Waals surface area contributed by atoms with Crippen molar-refractivity contribution in [3.63, 3.8) is 0 Å². The zero-order chi connectivity index (χ0) is 11.7. The zero-order valence-corrected chi connectivity index (χ0v) is 10.3. The van der Waals surface area contributed by atoms with Gasteiger partial charge in [-0.3, -0.25) is 0 Å². The van der Waals surface area contributed by atoms with Crippen molar-refractivity contribution in [1.82, 2.24) is 4.98 Å². The Morgan fingerprint density at radius 3 is 2.59 bits per heavy atom. The van der Waals surface area contributed by atoms with Crippen molar-refractivity contribution in [3.8, 4) is 0 Å². The van der Waals surface area contributed by atoms with Crippen molar-refractivity contribution in [2.24, 2.45) is 11.7 Å². The fraction of sp³-hybridized carbons (Fsp3) is 0.643. The molecule has 3 nitrogen and oxygen atoms in total. The molecule has 3 heteroatoms. The fourth-order valence-corrected chi connectivity index (χ4v) is 2.30. The fourth-order valence-electron chi connectivity index (χ4n) is 2.30. The van der Waals surface area contributed by atoms with Crippen molar-refractivity contribution in [2.45, 2.75) is 38.1 Å². The summed E-state index contributed by atoms with van der Waals surface area (Å²) in [4.78, 5) is 7.13. The number of nitrogens with zero attached hydrogens (tertiary/aromatic N) is 2. The smallest absolute Gasteiger partial charge is 0.128 e. The maximum absolute atomic E-state index is 5.55. The zero-order valence-electron chi connectivity index (χ0n) is 10.3. The second-order valence-electron chi connectivity index (χ2n) is 5.39. The van der Waals surface area contributed by atoms with Crippen LogP contribution in [0.2, 0.25) is 0 Å². The molecule has 0 aliphatic heterocycles. The van der Waals surface area contributed by atoms with Crippen LogP contribution in [-0.4, -0.2) is 24.1 Å². The van der Waals surface area contributed by atoms with Crippen molar-refractivity contribution in [3.05, 3.63) is 23.9 Å². The lowest BCUT2D eigenvalue weighted by Crippen LogP contribution is -2.28. The third-order valence-corrected chi connectivity index (χ3v) is 3.68. The van der Waals surface area contributed by atoms with Crippen LogP contribution in [0.1, 0.15) is 31.2 Å². The van der Waals surface area contributed by atoms with Gasteiger partial charge in [0.15, 0.2) is 0 Å². The molecular formula is C14H21N3. The average Bonchev–Trinajstić information content (AvgIpc) is 3.21. The number of anilines is 1. The Morgan fingerprint density at radius 2 is 2.06 bits per heavy atom. The van der Waals surface area contributed by atoms with Gasteiger partial charge in [-0.25, -0.2) is 4.98 Å². The number of pyridine rings is 1. The van der Waals surface area contributed by atoms with Gasteiger partial charge in [-0.15, -0.1) is 0 Å². The van der Waals surface area contributed by atoms with Crippen LogP contribution in [0, 0.1) is 5.92 Å². The second-order valence-corrected chi connectivity index (χ2v) is 5.39. The molecule has 3 rings (SSSR count). The highest BCUT2D eigenvalue weighted by Crippen LogP contribution is 2.36. The van der Waals surface area contributed by atoms with Gasteiger partial charge in [-0.1, -0.05) is 6.07 Å². The lowest BCUT2D eigenvalue weighted by Gasteiger charge is -2.23. The number of rotatable bonds is 6. The predicted molar refractivity (Wildman–Crippen MR) is 70.1 cm³/mol. The molecule has 2 aliphatic carbocycles. The quantitative estimate of drug-likeness (QED) is 0.814. The van der Waals surface area contributed by atoms with Gasteiger partial charge in [-0.05, 0) is 56.2 Å². The second kappa shape index (κ2) is 4.65. The number of hydrogen-bond acceptors (Lipinski definition) is 3. The summed E-state index contributed by atoms with van der Waals surface area (Å²) >= 11 is 0. The normalized spacial score (nSPS) is 19.4. The molecule has 0 unspecified atom stereocenters. The van der Waals surface area contributed by atoms with Crippen molar-refractivity contribution < 1.29 is 0 Å². The Hall–Kier alpha value is -1.09. The molecule has 0 aromatic carbocycles. The van der Waals surface area contributed by atoms with Crippen LogP contribution in [0.4, 0.5) is 5.82 Å². The molecule has 0 bridgehead atoms. The molecule has 0 amide bonds. The van der Waals surface area contributed by atoms with E-state index in [1.54, 1.807) is 0 Å². The summed E-state index contributed by atoms with van der Waals surface area (Å²) in [6.45, 7) is 1.92. The van der Waals surface area contributed by atoms with E-state index < -0.39 is 0 Å². The highest BCUT2D eigenvalue weighted by Gasteiger charge is 2.34. The molecule has 1 aromatic rings. The van der Waals surface area contributed by atoms with Crippen molar-refractivity contribution >= 4 is 5.82 Å². The first-order valence-corrected chi connectivity index (χ1v) is 6.78. The van der Waals surface area contributed by atoms with Crippen LogP contribution >= 0.6 is 0 Å². The SMILES string of the molecule is NCCc1ccc(N(CC2CC2)C2CC2)nc1. The van der Waals surface area contributed by atoms with E-state index >= 15 is 0 Å². The van der Waals surface area contributed by atoms with Crippen LogP contribution in [0.5, 0.6) is 0 Å². The third kappa shape index (κ3) is 2.78. The minimum absolute atomic E-state index is 0.704. The summed E-state index contributed by atoms with van der Waals surface area (Å²) in [5, 5.41) is 0. The molecule has 1 heterocycles. The Kier molecular flexibility index (Phi) is 3.02. The molecule has 1 aromatic heterocycles. The molecule has 2 fully saturated rings. The summed E-state index contributed by atoms with van der Waals surface area (Å²) in [5.74, 6) is 2.10. The standard InChI is InChI=1S/C14H21N3/c15-8-7-11-3-6-14(16-9-11)17(13-4-5-13)10-12-1-2-12/h3,6,9,12-13H,1-2,4-5,7-8,10,15H2. The van der Waals surface area contributed by atoms with Crippen LogP contribution in [0.15, 0.2) is 18.3 Å². The van der Waals surface area contributed by atoms with Gasteiger partial charge in [0.1, 0.15) is 5.82 Å². The van der Waals surface area contributed by atoms with Crippen LogP contribution in [0.3, 0.4) is 0 Å². The largest absolute Gasteiger partial charge is 0.353 e. The van der Waals surface area contributed by atoms with Gasteiger partial charge in [-0.2, -0.15) is 0 Å². The van der Waals surface area contributed by atoms with Crippen LogP contribution in [0.25, 0.3) is 0 Å². The van der Waals surface area contributed by atoms with E-state index in [1.165, 1.54) is 43.6 Å². The van der Waals surface area contributed by atoms with E-state index in [-0.39, 0.29) is 0 Å². The Bertz CT molecular complexity index is 366. The van der Waals surface area contributed by atoms with Gasteiger partial charge in [0, 0.05) is 18.8 Å². The first-order chi connectivity index (χ1) is 8.36. The van der Waals surface area contributed by atoms with Crippen LogP contribution in [-0.2, 0) is 6.42 Å². The Labute approximate surface area is 103 Å². The van der Waals surface area contributed by atoms with Gasteiger partial charge in [0.05, 0.1) is 0 Å². The van der Waals surface area contributed by atoms with E-state index in [4.69, 9.17) is 5.73 Å². The predicted octanol–water partition coefficient (Wildman–Crippen LogP) is 1.96. The molecule has 2 N–H and O–H groups in total. The molecule has 0 spiro atoms. The molecular weight excluding hydrogens is 210 g/mol. The van der Waals surface area contributed by atoms with E-state index in [0.29, 0.717) is 6.54 Å². The molecule has 0 atom stereocenters. The lowest BCUT2D eigenvalue weighted by molar-refractivity contribution is 0.708. The van der Waals surface area contributed by atoms with Crippen LogP contribution < -0.4 is 10.6 Å². The summed E-state index contributed by atoms with van der Waals surface area (Å²) < 4.78 is 0. The monoisotopic (exact) mass is 231 g/mol. The van der Waals surface area contributed by atoms with E-state index in [0.717, 1.165) is 18.4 Å². The summed E-state index contributed by atoms with van der Waals surface area (Å²) in [7, 11) is 0. The highest BCUT2D eigenvalue weighted by atomic mass is 15.2. The first kappa shape index (κ1) is 11.0. The van der Waals surface area contributed by atoms with Crippen molar-refractivity contribution in [2.75, 3.05) is 18.0 Å². The molecule has 0 radical (unpaired) electrons. The van der Waals surface area contributed by atoms with Crippen molar-refractivity contribution in [1.29, 1.82) is 0 Å². The van der Waals surface area contributed by atoms with Gasteiger partial charge < -0.3 is 10.6 Å². The summed E-state index contributed by atoms with van der Waals surface area (Å²) in [6.07, 6.45) is 8.44. The molecule has 92 valence electrons. The summed E-state index contributed by atoms with van der Waals surface area (Å²) in [6, 6.07) is 5.12. The molecule has 2 aliphatic rings.